The smallest absolute Gasteiger partial charge is 0.220 e. The van der Waals surface area contributed by atoms with Gasteiger partial charge in [0.1, 0.15) is 17.6 Å². The summed E-state index contributed by atoms with van der Waals surface area (Å²) in [5.41, 5.74) is 2.98. The molecule has 0 radical (unpaired) electrons. The Morgan fingerprint density at radius 2 is 2.23 bits per heavy atom. The van der Waals surface area contributed by atoms with E-state index in [1.54, 1.807) is 24.9 Å². The number of fused-ring (bicyclic) bond motifs is 1. The Morgan fingerprint density at radius 3 is 3.04 bits per heavy atom. The van der Waals surface area contributed by atoms with Crippen molar-refractivity contribution in [3.05, 3.63) is 66.5 Å². The number of ether oxygens (including phenoxy) is 1. The average molecular weight is 349 g/mol. The fourth-order valence-corrected chi connectivity index (χ4v) is 3.05. The zero-order valence-electron chi connectivity index (χ0n) is 14.2. The lowest BCUT2D eigenvalue weighted by Crippen LogP contribution is -2.34. The van der Waals surface area contributed by atoms with Crippen LogP contribution in [0.5, 0.6) is 5.75 Å². The first kappa shape index (κ1) is 16.3. The van der Waals surface area contributed by atoms with Crippen molar-refractivity contribution in [2.45, 2.75) is 25.4 Å². The molecule has 1 N–H and O–H groups in total. The van der Waals surface area contributed by atoms with Crippen LogP contribution in [0.2, 0.25) is 0 Å². The van der Waals surface area contributed by atoms with Crippen LogP contribution in [-0.2, 0) is 17.6 Å². The van der Waals surface area contributed by atoms with Gasteiger partial charge in [-0.05, 0) is 35.9 Å². The molecule has 1 aromatic carbocycles. The third-order valence-corrected chi connectivity index (χ3v) is 4.37. The lowest BCUT2D eigenvalue weighted by Gasteiger charge is -2.11. The SMILES string of the molecule is O=C(CCc1ccco1)NCC1Cc2cc(-c3cnccn3)ccc2O1. The molecular weight excluding hydrogens is 330 g/mol. The summed E-state index contributed by atoms with van der Waals surface area (Å²) in [6.07, 6.45) is 8.43. The number of nitrogens with zero attached hydrogens (tertiary/aromatic N) is 2. The van der Waals surface area contributed by atoms with Crippen LogP contribution in [0, 0.1) is 0 Å². The number of aromatic nitrogens is 2. The molecule has 0 spiro atoms. The number of benzene rings is 1. The van der Waals surface area contributed by atoms with Gasteiger partial charge in [-0.15, -0.1) is 0 Å². The lowest BCUT2D eigenvalue weighted by molar-refractivity contribution is -0.121. The molecule has 6 heteroatoms. The van der Waals surface area contributed by atoms with Crippen LogP contribution in [0.1, 0.15) is 17.7 Å². The maximum absolute atomic E-state index is 12.0. The van der Waals surface area contributed by atoms with Crippen molar-refractivity contribution < 1.29 is 13.9 Å². The minimum absolute atomic E-state index is 0.00112. The van der Waals surface area contributed by atoms with Gasteiger partial charge in [0.2, 0.25) is 5.91 Å². The second kappa shape index (κ2) is 7.39. The van der Waals surface area contributed by atoms with Crippen LogP contribution in [0.15, 0.2) is 59.6 Å². The Labute approximate surface area is 151 Å². The molecule has 1 aliphatic rings. The molecule has 6 nitrogen and oxygen atoms in total. The minimum Gasteiger partial charge on any atom is -0.488 e. The first-order valence-electron chi connectivity index (χ1n) is 8.63. The lowest BCUT2D eigenvalue weighted by atomic mass is 10.0. The maximum Gasteiger partial charge on any atom is 0.220 e. The van der Waals surface area contributed by atoms with Crippen molar-refractivity contribution in [3.63, 3.8) is 0 Å². The molecular formula is C20H19N3O3. The van der Waals surface area contributed by atoms with Crippen molar-refractivity contribution in [1.82, 2.24) is 15.3 Å². The summed E-state index contributed by atoms with van der Waals surface area (Å²) in [5, 5.41) is 2.94. The van der Waals surface area contributed by atoms with E-state index >= 15 is 0 Å². The summed E-state index contributed by atoms with van der Waals surface area (Å²) >= 11 is 0. The molecule has 3 aromatic rings. The number of carbonyl (C=O) groups is 1. The van der Waals surface area contributed by atoms with Crippen molar-refractivity contribution in [2.24, 2.45) is 0 Å². The largest absolute Gasteiger partial charge is 0.488 e. The van der Waals surface area contributed by atoms with Gasteiger partial charge in [0, 0.05) is 37.2 Å². The van der Waals surface area contributed by atoms with Gasteiger partial charge < -0.3 is 14.5 Å². The summed E-state index contributed by atoms with van der Waals surface area (Å²) in [7, 11) is 0. The zero-order chi connectivity index (χ0) is 17.8. The van der Waals surface area contributed by atoms with E-state index < -0.39 is 0 Å². The van der Waals surface area contributed by atoms with E-state index in [0.717, 1.165) is 34.8 Å². The van der Waals surface area contributed by atoms with E-state index in [1.165, 1.54) is 0 Å². The average Bonchev–Trinajstić information content (AvgIpc) is 3.34. The van der Waals surface area contributed by atoms with Gasteiger partial charge in [0.15, 0.2) is 0 Å². The van der Waals surface area contributed by atoms with Crippen LogP contribution in [0.25, 0.3) is 11.3 Å². The highest BCUT2D eigenvalue weighted by Crippen LogP contribution is 2.32. The van der Waals surface area contributed by atoms with E-state index in [2.05, 4.69) is 21.4 Å². The highest BCUT2D eigenvalue weighted by atomic mass is 16.5. The number of nitrogens with one attached hydrogen (secondary N) is 1. The van der Waals surface area contributed by atoms with E-state index in [0.29, 0.717) is 19.4 Å². The zero-order valence-corrected chi connectivity index (χ0v) is 14.2. The van der Waals surface area contributed by atoms with Crippen LogP contribution in [0.4, 0.5) is 0 Å². The van der Waals surface area contributed by atoms with Crippen LogP contribution >= 0.6 is 0 Å². The highest BCUT2D eigenvalue weighted by Gasteiger charge is 2.23. The molecule has 132 valence electrons. The number of amides is 1. The quantitative estimate of drug-likeness (QED) is 0.740. The maximum atomic E-state index is 12.0. The van der Waals surface area contributed by atoms with Gasteiger partial charge in [-0.3, -0.25) is 14.8 Å². The molecule has 0 bridgehead atoms. The third-order valence-electron chi connectivity index (χ3n) is 4.37. The molecule has 1 unspecified atom stereocenters. The van der Waals surface area contributed by atoms with Crippen LogP contribution < -0.4 is 10.1 Å². The molecule has 0 saturated carbocycles. The standard InChI is InChI=1S/C20H19N3O3/c24-20(6-4-16-2-1-9-25-16)23-12-17-11-15-10-14(3-5-19(15)26-17)18-13-21-7-8-22-18/h1-3,5,7-10,13,17H,4,6,11-12H2,(H,23,24). The number of hydrogen-bond donors (Lipinski definition) is 1. The van der Waals surface area contributed by atoms with Crippen LogP contribution in [0.3, 0.4) is 0 Å². The predicted octanol–water partition coefficient (Wildman–Crippen LogP) is 2.79. The number of hydrogen-bond acceptors (Lipinski definition) is 5. The number of rotatable bonds is 6. The monoisotopic (exact) mass is 349 g/mol. The van der Waals surface area contributed by atoms with Gasteiger partial charge >= 0.3 is 0 Å². The molecule has 1 atom stereocenters. The van der Waals surface area contributed by atoms with Gasteiger partial charge in [-0.1, -0.05) is 0 Å². The molecule has 3 heterocycles. The van der Waals surface area contributed by atoms with E-state index in [4.69, 9.17) is 9.15 Å². The van der Waals surface area contributed by atoms with Gasteiger partial charge in [-0.2, -0.15) is 0 Å². The molecule has 26 heavy (non-hydrogen) atoms. The Balaban J connectivity index is 1.30. The van der Waals surface area contributed by atoms with Crippen LogP contribution in [-0.4, -0.2) is 28.5 Å². The Bertz CT molecular complexity index is 879. The highest BCUT2D eigenvalue weighted by molar-refractivity contribution is 5.76. The molecule has 1 aliphatic heterocycles. The third kappa shape index (κ3) is 3.74. The minimum atomic E-state index is -0.0466. The second-order valence-electron chi connectivity index (χ2n) is 6.24. The van der Waals surface area contributed by atoms with Gasteiger partial charge in [0.25, 0.3) is 0 Å². The Morgan fingerprint density at radius 1 is 1.27 bits per heavy atom. The summed E-state index contributed by atoms with van der Waals surface area (Å²) in [6, 6.07) is 9.72. The number of furan rings is 1. The Kier molecular flexibility index (Phi) is 4.64. The first-order chi connectivity index (χ1) is 12.8. The molecule has 0 aliphatic carbocycles. The van der Waals surface area contributed by atoms with Crippen molar-refractivity contribution in [3.8, 4) is 17.0 Å². The Hall–Kier alpha value is -3.15. The molecule has 1 amide bonds. The van der Waals surface area contributed by atoms with Crippen molar-refractivity contribution in [1.29, 1.82) is 0 Å². The fourth-order valence-electron chi connectivity index (χ4n) is 3.05. The summed E-state index contributed by atoms with van der Waals surface area (Å²) < 4.78 is 11.2. The van der Waals surface area contributed by atoms with E-state index in [9.17, 15) is 4.79 Å². The van der Waals surface area contributed by atoms with Crippen molar-refractivity contribution >= 4 is 5.91 Å². The van der Waals surface area contributed by atoms with E-state index in [1.807, 2.05) is 24.3 Å². The van der Waals surface area contributed by atoms with Gasteiger partial charge in [0.05, 0.1) is 24.7 Å². The van der Waals surface area contributed by atoms with Gasteiger partial charge in [-0.25, -0.2) is 0 Å². The molecule has 4 rings (SSSR count). The molecule has 0 fully saturated rings. The molecule has 0 saturated heterocycles. The summed E-state index contributed by atoms with van der Waals surface area (Å²) in [5.74, 6) is 1.69. The fraction of sp³-hybridized carbons (Fsp3) is 0.250. The second-order valence-corrected chi connectivity index (χ2v) is 6.24. The summed E-state index contributed by atoms with van der Waals surface area (Å²) in [6.45, 7) is 0.492. The normalized spacial score (nSPS) is 15.3. The first-order valence-corrected chi connectivity index (χ1v) is 8.63. The molecule has 2 aromatic heterocycles. The number of carbonyl (C=O) groups excluding carboxylic acids is 1. The van der Waals surface area contributed by atoms with Crippen molar-refractivity contribution in [2.75, 3.05) is 6.54 Å². The van der Waals surface area contributed by atoms with E-state index in [-0.39, 0.29) is 12.0 Å². The number of aryl methyl sites for hydroxylation is 1. The predicted molar refractivity (Wildman–Crippen MR) is 95.6 cm³/mol. The summed E-state index contributed by atoms with van der Waals surface area (Å²) in [4.78, 5) is 20.4. The topological polar surface area (TPSA) is 77.3 Å².